The second kappa shape index (κ2) is 7.06. The average molecular weight is 421 g/mol. The van der Waals surface area contributed by atoms with Crippen LogP contribution in [0.3, 0.4) is 0 Å². The molecule has 2 aromatic carbocycles. The Morgan fingerprint density at radius 2 is 1.74 bits per heavy atom. The van der Waals surface area contributed by atoms with Gasteiger partial charge in [0.25, 0.3) is 0 Å². The summed E-state index contributed by atoms with van der Waals surface area (Å²) < 4.78 is 13.4. The number of amides is 1. The van der Waals surface area contributed by atoms with Gasteiger partial charge in [-0.1, -0.05) is 30.3 Å². The van der Waals surface area contributed by atoms with Crippen molar-refractivity contribution in [3.63, 3.8) is 0 Å². The summed E-state index contributed by atoms with van der Waals surface area (Å²) in [6.07, 6.45) is 5.78. The van der Waals surface area contributed by atoms with Gasteiger partial charge in [-0.15, -0.1) is 0 Å². The first-order chi connectivity index (χ1) is 15.0. The molecule has 31 heavy (non-hydrogen) atoms. The van der Waals surface area contributed by atoms with Gasteiger partial charge < -0.3 is 10.0 Å². The fourth-order valence-corrected chi connectivity index (χ4v) is 6.58. The van der Waals surface area contributed by atoms with Crippen molar-refractivity contribution < 1.29 is 14.3 Å². The molecule has 4 nitrogen and oxygen atoms in total. The zero-order valence-corrected chi connectivity index (χ0v) is 17.8. The van der Waals surface area contributed by atoms with Crippen molar-refractivity contribution in [2.24, 2.45) is 11.3 Å². The molecule has 3 saturated heterocycles. The van der Waals surface area contributed by atoms with Gasteiger partial charge in [0.1, 0.15) is 5.82 Å². The predicted octanol–water partition coefficient (Wildman–Crippen LogP) is 5.33. The molecular weight excluding hydrogens is 391 g/mol. The molecule has 1 N–H and O–H groups in total. The molecule has 4 fully saturated rings. The third kappa shape index (κ3) is 3.16. The van der Waals surface area contributed by atoms with Crippen LogP contribution in [-0.2, 0) is 6.42 Å². The van der Waals surface area contributed by atoms with Crippen molar-refractivity contribution in [2.75, 3.05) is 19.6 Å². The summed E-state index contributed by atoms with van der Waals surface area (Å²) in [4.78, 5) is 17.0. The highest BCUT2D eigenvalue weighted by Crippen LogP contribution is 2.63. The van der Waals surface area contributed by atoms with Crippen LogP contribution in [0.2, 0.25) is 0 Å². The number of hydrogen-bond acceptors (Lipinski definition) is 2. The topological polar surface area (TPSA) is 43.8 Å². The normalized spacial score (nSPS) is 30.1. The van der Waals surface area contributed by atoms with E-state index in [-0.39, 0.29) is 23.3 Å². The maximum Gasteiger partial charge on any atom is 0.408 e. The minimum Gasteiger partial charge on any atom is -0.465 e. The summed E-state index contributed by atoms with van der Waals surface area (Å²) in [5, 5.41) is 10.4. The quantitative estimate of drug-likeness (QED) is 0.729. The van der Waals surface area contributed by atoms with Crippen LogP contribution in [0.4, 0.5) is 9.18 Å². The molecule has 0 aromatic heterocycles. The maximum atomic E-state index is 13.4. The minimum atomic E-state index is -0.759. The van der Waals surface area contributed by atoms with Crippen molar-refractivity contribution in [1.29, 1.82) is 0 Å². The number of carboxylic acid groups (broad SMARTS) is 1. The van der Waals surface area contributed by atoms with Gasteiger partial charge in [0.2, 0.25) is 0 Å². The summed E-state index contributed by atoms with van der Waals surface area (Å²) >= 11 is 0. The lowest BCUT2D eigenvalue weighted by Crippen LogP contribution is -2.60. The van der Waals surface area contributed by atoms with Gasteiger partial charge in [-0.3, -0.25) is 4.90 Å². The molecule has 0 radical (unpaired) electrons. The van der Waals surface area contributed by atoms with Crippen LogP contribution < -0.4 is 0 Å². The zero-order chi connectivity index (χ0) is 21.2. The lowest BCUT2D eigenvalue weighted by Gasteiger charge is -2.52. The van der Waals surface area contributed by atoms with Gasteiger partial charge in [-0.05, 0) is 97.3 Å². The SMILES string of the molecule is O=C(O)N(C1c2ccc(-c3ccc(F)cc3)cc2CCC12CC2)[C@@H]1CN2CCC1CC2. The Bertz CT molecular complexity index is 1010. The first kappa shape index (κ1) is 19.3. The number of hydrogen-bond donors (Lipinski definition) is 1. The first-order valence-electron chi connectivity index (χ1n) is 11.7. The van der Waals surface area contributed by atoms with Crippen molar-refractivity contribution in [3.05, 3.63) is 59.4 Å². The molecular formula is C26H29FN2O2. The molecule has 1 saturated carbocycles. The van der Waals surface area contributed by atoms with E-state index in [1.54, 1.807) is 0 Å². The third-order valence-corrected chi connectivity index (χ3v) is 8.46. The second-order valence-electron chi connectivity index (χ2n) is 10.1. The highest BCUT2D eigenvalue weighted by molar-refractivity contribution is 5.69. The van der Waals surface area contributed by atoms with Crippen molar-refractivity contribution in [2.45, 2.75) is 50.6 Å². The van der Waals surface area contributed by atoms with Crippen molar-refractivity contribution in [1.82, 2.24) is 9.80 Å². The molecule has 162 valence electrons. The molecule has 3 aliphatic heterocycles. The van der Waals surface area contributed by atoms with E-state index >= 15 is 0 Å². The van der Waals surface area contributed by atoms with Gasteiger partial charge in [0.05, 0.1) is 12.1 Å². The molecule has 1 spiro atoms. The highest BCUT2D eigenvalue weighted by Gasteiger charge is 2.57. The average Bonchev–Trinajstić information content (AvgIpc) is 3.57. The van der Waals surface area contributed by atoms with E-state index in [1.165, 1.54) is 23.3 Å². The molecule has 2 bridgehead atoms. The number of benzene rings is 2. The third-order valence-electron chi connectivity index (χ3n) is 8.46. The van der Waals surface area contributed by atoms with Crippen LogP contribution in [0.25, 0.3) is 11.1 Å². The summed E-state index contributed by atoms with van der Waals surface area (Å²) in [5.41, 5.74) is 4.66. The molecule has 2 atom stereocenters. The van der Waals surface area contributed by atoms with Crippen LogP contribution in [0.15, 0.2) is 42.5 Å². The summed E-state index contributed by atoms with van der Waals surface area (Å²) in [7, 11) is 0. The lowest BCUT2D eigenvalue weighted by atomic mass is 9.73. The minimum absolute atomic E-state index is 0.0402. The number of aryl methyl sites for hydroxylation is 1. The Morgan fingerprint density at radius 3 is 2.35 bits per heavy atom. The van der Waals surface area contributed by atoms with Crippen LogP contribution in [-0.4, -0.2) is 46.7 Å². The fourth-order valence-electron chi connectivity index (χ4n) is 6.58. The van der Waals surface area contributed by atoms with Crippen LogP contribution >= 0.6 is 0 Å². The number of rotatable bonds is 3. The van der Waals surface area contributed by atoms with Crippen molar-refractivity contribution in [3.8, 4) is 11.1 Å². The predicted molar refractivity (Wildman–Crippen MR) is 117 cm³/mol. The highest BCUT2D eigenvalue weighted by atomic mass is 19.1. The summed E-state index contributed by atoms with van der Waals surface area (Å²) in [6.45, 7) is 3.11. The van der Waals surface area contributed by atoms with Gasteiger partial charge in [0.15, 0.2) is 0 Å². The van der Waals surface area contributed by atoms with Crippen LogP contribution in [0.1, 0.15) is 49.3 Å². The van der Waals surface area contributed by atoms with E-state index in [4.69, 9.17) is 0 Å². The number of halogens is 1. The van der Waals surface area contributed by atoms with Crippen molar-refractivity contribution >= 4 is 6.09 Å². The van der Waals surface area contributed by atoms with Gasteiger partial charge >= 0.3 is 6.09 Å². The van der Waals surface area contributed by atoms with E-state index in [0.29, 0.717) is 5.92 Å². The Morgan fingerprint density at radius 1 is 1.03 bits per heavy atom. The number of fused-ring (bicyclic) bond motifs is 4. The Balaban J connectivity index is 1.40. The van der Waals surface area contributed by atoms with Gasteiger partial charge in [-0.25, -0.2) is 9.18 Å². The summed E-state index contributed by atoms with van der Waals surface area (Å²) in [6, 6.07) is 13.2. The van der Waals surface area contributed by atoms with E-state index < -0.39 is 6.09 Å². The molecule has 1 amide bonds. The van der Waals surface area contributed by atoms with Gasteiger partial charge in [-0.2, -0.15) is 0 Å². The molecule has 5 heteroatoms. The number of piperidine rings is 3. The lowest BCUT2D eigenvalue weighted by molar-refractivity contribution is -0.0243. The Labute approximate surface area is 182 Å². The molecule has 2 aliphatic carbocycles. The summed E-state index contributed by atoms with van der Waals surface area (Å²) in [5.74, 6) is 0.257. The fraction of sp³-hybridized carbons (Fsp3) is 0.500. The Kier molecular flexibility index (Phi) is 4.39. The van der Waals surface area contributed by atoms with Gasteiger partial charge in [0, 0.05) is 6.54 Å². The van der Waals surface area contributed by atoms with E-state index in [0.717, 1.165) is 69.3 Å². The monoisotopic (exact) mass is 420 g/mol. The molecule has 3 heterocycles. The van der Waals surface area contributed by atoms with Crippen LogP contribution in [0.5, 0.6) is 0 Å². The molecule has 5 aliphatic rings. The molecule has 7 rings (SSSR count). The second-order valence-corrected chi connectivity index (χ2v) is 10.1. The Hall–Kier alpha value is -2.40. The first-order valence-corrected chi connectivity index (χ1v) is 11.7. The maximum absolute atomic E-state index is 13.4. The van der Waals surface area contributed by atoms with E-state index in [2.05, 4.69) is 23.1 Å². The smallest absolute Gasteiger partial charge is 0.408 e. The zero-order valence-electron chi connectivity index (χ0n) is 17.8. The largest absolute Gasteiger partial charge is 0.465 e. The van der Waals surface area contributed by atoms with E-state index in [9.17, 15) is 14.3 Å². The molecule has 2 aromatic rings. The van der Waals surface area contributed by atoms with Crippen LogP contribution in [0, 0.1) is 17.2 Å². The standard InChI is InChI=1S/C26H29FN2O2/c27-21-4-1-17(2-5-21)19-3-6-22-20(15-19)7-10-26(11-12-26)24(22)29(25(30)31)23-16-28-13-8-18(23)9-14-28/h1-6,15,18,23-24H,7-14,16H2,(H,30,31)/t23-,24?/m1/s1. The van der Waals surface area contributed by atoms with E-state index in [1.807, 2.05) is 17.0 Å². The molecule has 1 unspecified atom stereocenters. The number of nitrogens with zero attached hydrogens (tertiary/aromatic N) is 2. The number of carbonyl (C=O) groups is 1.